The zero-order valence-corrected chi connectivity index (χ0v) is 8.23. The van der Waals surface area contributed by atoms with Crippen LogP contribution in [0.15, 0.2) is 23.0 Å². The lowest BCUT2D eigenvalue weighted by molar-refractivity contribution is 1.52. The fourth-order valence-corrected chi connectivity index (χ4v) is 2.51. The maximum absolute atomic E-state index is 3.66. The molecule has 0 fully saturated rings. The van der Waals surface area contributed by atoms with Crippen molar-refractivity contribution < 1.29 is 0 Å². The number of hydrogen-bond acceptors (Lipinski definition) is 2. The van der Waals surface area contributed by atoms with Crippen LogP contribution in [0, 0.1) is 0 Å². The summed E-state index contributed by atoms with van der Waals surface area (Å²) in [6.45, 7) is 7.99. The molecule has 0 spiro atoms. The summed E-state index contributed by atoms with van der Waals surface area (Å²) in [6, 6.07) is 0. The third-order valence-corrected chi connectivity index (χ3v) is 2.95. The van der Waals surface area contributed by atoms with E-state index in [0.29, 0.717) is 0 Å². The smallest absolute Gasteiger partial charge is 0.0400 e. The van der Waals surface area contributed by atoms with E-state index >= 15 is 0 Å². The molecule has 0 rings (SSSR count). The Morgan fingerprint density at radius 1 is 1.30 bits per heavy atom. The van der Waals surface area contributed by atoms with Gasteiger partial charge in [-0.2, -0.15) is 0 Å². The van der Waals surface area contributed by atoms with Crippen molar-refractivity contribution in [1.29, 1.82) is 0 Å². The van der Waals surface area contributed by atoms with E-state index in [9.17, 15) is 0 Å². The van der Waals surface area contributed by atoms with Gasteiger partial charge in [0, 0.05) is 4.24 Å². The van der Waals surface area contributed by atoms with Crippen LogP contribution >= 0.6 is 23.5 Å². The molecule has 0 radical (unpaired) electrons. The molecular weight excluding hydrogens is 160 g/mol. The Balaban J connectivity index is 3.71. The van der Waals surface area contributed by atoms with Crippen LogP contribution in [-0.2, 0) is 0 Å². The van der Waals surface area contributed by atoms with Gasteiger partial charge in [0.15, 0.2) is 0 Å². The number of rotatable bonds is 5. The van der Waals surface area contributed by atoms with Gasteiger partial charge in [0.1, 0.15) is 0 Å². The Morgan fingerprint density at radius 3 is 2.10 bits per heavy atom. The van der Waals surface area contributed by atoms with Crippen molar-refractivity contribution in [3.63, 3.8) is 0 Å². The minimum Gasteiger partial charge on any atom is -0.120 e. The summed E-state index contributed by atoms with van der Waals surface area (Å²) in [5.74, 6) is 2.29. The first-order valence-corrected chi connectivity index (χ1v) is 5.40. The van der Waals surface area contributed by atoms with Gasteiger partial charge in [-0.3, -0.25) is 0 Å². The highest BCUT2D eigenvalue weighted by atomic mass is 32.2. The van der Waals surface area contributed by atoms with Crippen LogP contribution in [0.2, 0.25) is 0 Å². The van der Waals surface area contributed by atoms with Crippen LogP contribution in [0.5, 0.6) is 0 Å². The van der Waals surface area contributed by atoms with Gasteiger partial charge in [0.2, 0.25) is 0 Å². The molecule has 0 heterocycles. The molecule has 0 bridgehead atoms. The molecule has 0 amide bonds. The summed E-state index contributed by atoms with van der Waals surface area (Å²) in [5, 5.41) is 0. The predicted octanol–water partition coefficient (Wildman–Crippen LogP) is 3.52. The molecular formula is C8H14S2. The molecule has 0 aromatic carbocycles. The molecule has 0 saturated carbocycles. The Labute approximate surface area is 72.2 Å². The fraction of sp³-hybridized carbons (Fsp3) is 0.500. The van der Waals surface area contributed by atoms with Gasteiger partial charge < -0.3 is 0 Å². The monoisotopic (exact) mass is 174 g/mol. The Kier molecular flexibility index (Phi) is 7.42. The van der Waals surface area contributed by atoms with E-state index in [1.807, 2.05) is 29.6 Å². The topological polar surface area (TPSA) is 0 Å². The molecule has 0 nitrogen and oxygen atoms in total. The summed E-state index contributed by atoms with van der Waals surface area (Å²) >= 11 is 3.76. The molecule has 0 aromatic rings. The third-order valence-electron chi connectivity index (χ3n) is 0.827. The third kappa shape index (κ3) is 5.00. The van der Waals surface area contributed by atoms with Gasteiger partial charge >= 0.3 is 0 Å². The molecule has 0 aliphatic carbocycles. The quantitative estimate of drug-likeness (QED) is 0.585. The second kappa shape index (κ2) is 7.29. The van der Waals surface area contributed by atoms with E-state index in [0.717, 1.165) is 11.5 Å². The van der Waals surface area contributed by atoms with Crippen LogP contribution in [0.4, 0.5) is 0 Å². The minimum atomic E-state index is 1.15. The minimum absolute atomic E-state index is 1.15. The highest BCUT2D eigenvalue weighted by Gasteiger charge is 1.92. The Morgan fingerprint density at radius 2 is 1.80 bits per heavy atom. The van der Waals surface area contributed by atoms with Gasteiger partial charge in [-0.05, 0) is 17.6 Å². The van der Waals surface area contributed by atoms with Crippen LogP contribution in [-0.4, -0.2) is 11.5 Å². The van der Waals surface area contributed by atoms with Crippen LogP contribution in [0.25, 0.3) is 0 Å². The Bertz CT molecular complexity index is 108. The van der Waals surface area contributed by atoms with Crippen molar-refractivity contribution in [2.24, 2.45) is 0 Å². The van der Waals surface area contributed by atoms with Crippen molar-refractivity contribution in [2.45, 2.75) is 13.8 Å². The molecule has 0 N–H and O–H groups in total. The van der Waals surface area contributed by atoms with Gasteiger partial charge in [-0.1, -0.05) is 26.5 Å². The first-order valence-electron chi connectivity index (χ1n) is 3.43. The number of hydrogen-bond donors (Lipinski definition) is 0. The summed E-state index contributed by atoms with van der Waals surface area (Å²) in [7, 11) is 0. The average Bonchev–Trinajstić information content (AvgIpc) is 1.90. The molecule has 0 atom stereocenters. The van der Waals surface area contributed by atoms with E-state index in [-0.39, 0.29) is 0 Å². The zero-order valence-electron chi connectivity index (χ0n) is 6.59. The van der Waals surface area contributed by atoms with Gasteiger partial charge in [-0.15, -0.1) is 23.5 Å². The summed E-state index contributed by atoms with van der Waals surface area (Å²) in [6.07, 6.45) is 3.92. The number of allylic oxidation sites excluding steroid dienone is 2. The molecule has 0 aromatic heterocycles. The molecule has 58 valence electrons. The Hall–Kier alpha value is 0.180. The van der Waals surface area contributed by atoms with E-state index in [1.54, 1.807) is 0 Å². The van der Waals surface area contributed by atoms with Gasteiger partial charge in [-0.25, -0.2) is 0 Å². The first kappa shape index (κ1) is 10.2. The average molecular weight is 174 g/mol. The highest BCUT2D eigenvalue weighted by Crippen LogP contribution is 2.27. The molecule has 2 heteroatoms. The van der Waals surface area contributed by atoms with E-state index in [2.05, 4.69) is 26.5 Å². The van der Waals surface area contributed by atoms with Crippen LogP contribution in [0.1, 0.15) is 13.8 Å². The second-order valence-electron chi connectivity index (χ2n) is 1.59. The predicted molar refractivity (Wildman–Crippen MR) is 54.5 cm³/mol. The van der Waals surface area contributed by atoms with Crippen LogP contribution in [0.3, 0.4) is 0 Å². The fourth-order valence-electron chi connectivity index (χ4n) is 0.519. The lowest BCUT2D eigenvalue weighted by Gasteiger charge is -2.00. The van der Waals surface area contributed by atoms with Crippen molar-refractivity contribution >= 4 is 23.5 Å². The molecule has 0 aliphatic heterocycles. The summed E-state index contributed by atoms with van der Waals surface area (Å²) in [4.78, 5) is 0. The second-order valence-corrected chi connectivity index (χ2v) is 4.46. The zero-order chi connectivity index (χ0) is 7.82. The lowest BCUT2D eigenvalue weighted by Crippen LogP contribution is -1.72. The van der Waals surface area contributed by atoms with E-state index < -0.39 is 0 Å². The van der Waals surface area contributed by atoms with Gasteiger partial charge in [0.05, 0.1) is 0 Å². The van der Waals surface area contributed by atoms with Crippen molar-refractivity contribution in [1.82, 2.24) is 0 Å². The van der Waals surface area contributed by atoms with Crippen molar-refractivity contribution in [2.75, 3.05) is 11.5 Å². The molecule has 0 aliphatic rings. The largest absolute Gasteiger partial charge is 0.120 e. The molecule has 10 heavy (non-hydrogen) atoms. The SMILES string of the molecule is C=CC=C(SCC)SCC. The van der Waals surface area contributed by atoms with Crippen molar-refractivity contribution in [3.8, 4) is 0 Å². The maximum atomic E-state index is 3.66. The van der Waals surface area contributed by atoms with Crippen LogP contribution < -0.4 is 0 Å². The lowest BCUT2D eigenvalue weighted by atomic mass is 10.6. The van der Waals surface area contributed by atoms with Crippen molar-refractivity contribution in [3.05, 3.63) is 23.0 Å². The maximum Gasteiger partial charge on any atom is 0.0400 e. The molecule has 0 saturated heterocycles. The highest BCUT2D eigenvalue weighted by molar-refractivity contribution is 8.22. The number of thioether (sulfide) groups is 2. The first-order chi connectivity index (χ1) is 4.85. The van der Waals surface area contributed by atoms with E-state index in [4.69, 9.17) is 0 Å². The standard InChI is InChI=1S/C8H14S2/c1-4-7-8(9-5-2)10-6-3/h4,7H,1,5-6H2,2-3H3. The normalized spacial score (nSPS) is 9.00. The van der Waals surface area contributed by atoms with Gasteiger partial charge in [0.25, 0.3) is 0 Å². The van der Waals surface area contributed by atoms with E-state index in [1.165, 1.54) is 4.24 Å². The summed E-state index contributed by atoms with van der Waals surface area (Å²) < 4.78 is 1.38. The summed E-state index contributed by atoms with van der Waals surface area (Å²) in [5.41, 5.74) is 0. The molecule has 0 unspecified atom stereocenters.